The summed E-state index contributed by atoms with van der Waals surface area (Å²) in [6.45, 7) is 1.22. The maximum Gasteiger partial charge on any atom is 0.261 e. The van der Waals surface area contributed by atoms with Gasteiger partial charge < -0.3 is 10.3 Å². The van der Waals surface area contributed by atoms with Crippen LogP contribution in [0.4, 0.5) is 14.6 Å². The minimum Gasteiger partial charge on any atom is -0.380 e. The molecule has 0 aliphatic carbocycles. The lowest BCUT2D eigenvalue weighted by atomic mass is 10.3. The Morgan fingerprint density at radius 2 is 1.67 bits per heavy atom. The second-order valence-corrected chi connectivity index (χ2v) is 5.63. The van der Waals surface area contributed by atoms with Crippen LogP contribution in [0.1, 0.15) is 27.3 Å². The van der Waals surface area contributed by atoms with Crippen molar-refractivity contribution in [2.45, 2.75) is 21.8 Å². The smallest absolute Gasteiger partial charge is 0.261 e. The summed E-state index contributed by atoms with van der Waals surface area (Å²) in [6.07, 6.45) is 0. The number of fused-ring (bicyclic) bond motifs is 1. The van der Waals surface area contributed by atoms with E-state index < -0.39 is 17.5 Å². The van der Waals surface area contributed by atoms with Crippen LogP contribution in [0.15, 0.2) is 16.7 Å². The Hall–Kier alpha value is -2.78. The van der Waals surface area contributed by atoms with Gasteiger partial charge in [0.05, 0.1) is 10.9 Å². The highest BCUT2D eigenvalue weighted by Gasteiger charge is 2.10. The zero-order valence-electron chi connectivity index (χ0n) is 13.7. The molecular formula is C16H17Cl3F2N6O3. The van der Waals surface area contributed by atoms with E-state index in [9.17, 15) is 13.6 Å². The van der Waals surface area contributed by atoms with Gasteiger partial charge in [0, 0.05) is 6.92 Å². The van der Waals surface area contributed by atoms with Gasteiger partial charge in [-0.25, -0.2) is 19.2 Å². The summed E-state index contributed by atoms with van der Waals surface area (Å²) in [5, 5.41) is 19.0. The SMILES string of the molecule is C.C.CC(=O)NO.N#Cc1cc(F)c(Cl)nc1Cl.Nc1noc2nc(Cl)c(F)cc12. The third-order valence-electron chi connectivity index (χ3n) is 2.57. The summed E-state index contributed by atoms with van der Waals surface area (Å²) in [7, 11) is 0. The second-order valence-electron chi connectivity index (χ2n) is 4.56. The number of nitrogens with zero attached hydrogens (tertiary/aromatic N) is 4. The second kappa shape index (κ2) is 13.4. The Balaban J connectivity index is 0. The number of pyridine rings is 2. The van der Waals surface area contributed by atoms with Crippen LogP contribution in [-0.2, 0) is 4.79 Å². The van der Waals surface area contributed by atoms with E-state index in [4.69, 9.17) is 51.0 Å². The largest absolute Gasteiger partial charge is 0.380 e. The first-order valence-electron chi connectivity index (χ1n) is 6.79. The lowest BCUT2D eigenvalue weighted by Gasteiger charge is -1.95. The fourth-order valence-corrected chi connectivity index (χ4v) is 1.86. The molecule has 164 valence electrons. The number of rotatable bonds is 0. The first kappa shape index (κ1) is 29.4. The molecule has 0 saturated heterocycles. The number of aromatic nitrogens is 3. The summed E-state index contributed by atoms with van der Waals surface area (Å²) in [6, 6.07) is 3.75. The molecule has 14 heteroatoms. The van der Waals surface area contributed by atoms with E-state index in [-0.39, 0.29) is 47.4 Å². The van der Waals surface area contributed by atoms with Gasteiger partial charge in [-0.2, -0.15) is 10.2 Å². The van der Waals surface area contributed by atoms with Gasteiger partial charge in [0.15, 0.2) is 27.8 Å². The number of nitriles is 1. The topological polar surface area (TPSA) is 151 Å². The molecule has 0 spiro atoms. The van der Waals surface area contributed by atoms with Crippen LogP contribution in [0.3, 0.4) is 0 Å². The molecule has 0 fully saturated rings. The summed E-state index contributed by atoms with van der Waals surface area (Å²) >= 11 is 16.1. The Labute approximate surface area is 185 Å². The van der Waals surface area contributed by atoms with Crippen molar-refractivity contribution in [1.82, 2.24) is 20.6 Å². The van der Waals surface area contributed by atoms with Crippen LogP contribution in [0.2, 0.25) is 15.5 Å². The molecule has 0 bridgehead atoms. The highest BCUT2D eigenvalue weighted by atomic mass is 35.5. The number of hydrogen-bond acceptors (Lipinski definition) is 8. The van der Waals surface area contributed by atoms with Crippen molar-refractivity contribution >= 4 is 57.6 Å². The number of hydrogen-bond donors (Lipinski definition) is 3. The Bertz CT molecular complexity index is 1040. The van der Waals surface area contributed by atoms with Crippen molar-refractivity contribution in [2.24, 2.45) is 0 Å². The summed E-state index contributed by atoms with van der Waals surface area (Å²) < 4.78 is 30.0. The number of halogens is 5. The van der Waals surface area contributed by atoms with Crippen LogP contribution in [0.5, 0.6) is 0 Å². The molecule has 3 rings (SSSR count). The summed E-state index contributed by atoms with van der Waals surface area (Å²) in [5.74, 6) is -1.72. The van der Waals surface area contributed by atoms with Crippen molar-refractivity contribution in [3.8, 4) is 6.07 Å². The Morgan fingerprint density at radius 3 is 2.17 bits per heavy atom. The molecule has 0 saturated carbocycles. The monoisotopic (exact) mass is 484 g/mol. The van der Waals surface area contributed by atoms with Crippen molar-refractivity contribution in [3.63, 3.8) is 0 Å². The van der Waals surface area contributed by atoms with Gasteiger partial charge in [-0.3, -0.25) is 10.0 Å². The number of nitrogens with one attached hydrogen (secondary N) is 1. The molecule has 0 aromatic carbocycles. The number of carbonyl (C=O) groups excluding carboxylic acids is 1. The molecule has 0 atom stereocenters. The molecule has 1 amide bonds. The minimum absolute atomic E-state index is 0. The van der Waals surface area contributed by atoms with E-state index in [0.29, 0.717) is 5.39 Å². The summed E-state index contributed by atoms with van der Waals surface area (Å²) in [5.41, 5.74) is 6.85. The molecule has 3 aromatic heterocycles. The predicted octanol–water partition coefficient (Wildman–Crippen LogP) is 4.78. The first-order valence-corrected chi connectivity index (χ1v) is 7.93. The molecule has 3 aromatic rings. The van der Waals surface area contributed by atoms with Gasteiger partial charge in [-0.15, -0.1) is 0 Å². The zero-order chi connectivity index (χ0) is 21.4. The van der Waals surface area contributed by atoms with E-state index in [1.807, 2.05) is 0 Å². The van der Waals surface area contributed by atoms with Crippen LogP contribution in [0.25, 0.3) is 11.1 Å². The maximum absolute atomic E-state index is 12.8. The van der Waals surface area contributed by atoms with E-state index in [1.54, 1.807) is 6.07 Å². The number of hydroxylamine groups is 1. The predicted molar refractivity (Wildman–Crippen MR) is 109 cm³/mol. The Kier molecular flexibility index (Phi) is 13.2. The van der Waals surface area contributed by atoms with Gasteiger partial charge in [-0.05, 0) is 12.1 Å². The van der Waals surface area contributed by atoms with E-state index in [1.165, 1.54) is 12.4 Å². The molecular weight excluding hydrogens is 469 g/mol. The van der Waals surface area contributed by atoms with Gasteiger partial charge in [-0.1, -0.05) is 54.8 Å². The molecule has 4 N–H and O–H groups in total. The highest BCUT2D eigenvalue weighted by Crippen LogP contribution is 2.23. The van der Waals surface area contributed by atoms with Crippen molar-refractivity contribution in [2.75, 3.05) is 5.73 Å². The van der Waals surface area contributed by atoms with Crippen LogP contribution in [-0.4, -0.2) is 26.2 Å². The number of anilines is 1. The van der Waals surface area contributed by atoms with Crippen molar-refractivity contribution < 1.29 is 23.3 Å². The number of nitrogens with two attached hydrogens (primary N) is 1. The quantitative estimate of drug-likeness (QED) is 0.234. The molecule has 0 radical (unpaired) electrons. The summed E-state index contributed by atoms with van der Waals surface area (Å²) in [4.78, 5) is 16.4. The van der Waals surface area contributed by atoms with Crippen LogP contribution in [0, 0.1) is 23.0 Å². The molecule has 3 heterocycles. The normalized spacial score (nSPS) is 8.87. The first-order chi connectivity index (χ1) is 13.1. The van der Waals surface area contributed by atoms with Gasteiger partial charge in [0.2, 0.25) is 5.91 Å². The average molecular weight is 486 g/mol. The van der Waals surface area contributed by atoms with Crippen molar-refractivity contribution in [1.29, 1.82) is 5.26 Å². The highest BCUT2D eigenvalue weighted by molar-refractivity contribution is 6.33. The lowest BCUT2D eigenvalue weighted by Crippen LogP contribution is -2.12. The average Bonchev–Trinajstić information content (AvgIpc) is 2.99. The van der Waals surface area contributed by atoms with E-state index in [2.05, 4.69) is 19.6 Å². The Morgan fingerprint density at radius 1 is 1.17 bits per heavy atom. The third-order valence-corrected chi connectivity index (χ3v) is 3.39. The fourth-order valence-electron chi connectivity index (χ4n) is 1.37. The molecule has 30 heavy (non-hydrogen) atoms. The molecule has 0 aliphatic rings. The number of carbonyl (C=O) groups is 1. The fraction of sp³-hybridized carbons (Fsp3) is 0.188. The van der Waals surface area contributed by atoms with Gasteiger partial charge in [0.25, 0.3) is 5.71 Å². The van der Waals surface area contributed by atoms with Crippen LogP contribution < -0.4 is 11.2 Å². The minimum atomic E-state index is -0.743. The molecule has 9 nitrogen and oxygen atoms in total. The molecule has 0 unspecified atom stereocenters. The maximum atomic E-state index is 12.8. The van der Waals surface area contributed by atoms with E-state index in [0.717, 1.165) is 12.1 Å². The number of nitrogen functional groups attached to an aromatic ring is 1. The zero-order valence-corrected chi connectivity index (χ0v) is 15.9. The van der Waals surface area contributed by atoms with E-state index >= 15 is 0 Å². The third kappa shape index (κ3) is 8.30. The lowest BCUT2D eigenvalue weighted by molar-refractivity contribution is -0.126. The van der Waals surface area contributed by atoms with Gasteiger partial charge in [0.1, 0.15) is 11.2 Å². The van der Waals surface area contributed by atoms with Crippen molar-refractivity contribution in [3.05, 3.63) is 44.8 Å². The number of amides is 1. The van der Waals surface area contributed by atoms with Crippen LogP contribution >= 0.6 is 34.8 Å². The van der Waals surface area contributed by atoms with Gasteiger partial charge >= 0.3 is 0 Å². The standard InChI is InChI=1S/C6HCl2FN2.C6H3ClFN3O.C2H5NO2.2CH4/c7-5-3(2-10)1-4(9)6(8)11-5;7-4-3(8)1-2-5(9)11-12-6(2)10-4;1-2(4)3-5;;/h1H;1H,(H2,9,11);5H,1H3,(H,3,4);2*1H4. The molecule has 0 aliphatic heterocycles.